The third-order valence-electron chi connectivity index (χ3n) is 4.57. The quantitative estimate of drug-likeness (QED) is 0.681. The summed E-state index contributed by atoms with van der Waals surface area (Å²) in [6.45, 7) is 0.648. The summed E-state index contributed by atoms with van der Waals surface area (Å²) in [6, 6.07) is 7.01. The van der Waals surface area contributed by atoms with Gasteiger partial charge in [0.25, 0.3) is 11.5 Å². The Morgan fingerprint density at radius 2 is 1.97 bits per heavy atom. The molecule has 1 aliphatic rings. The number of hydrogen-bond acceptors (Lipinski definition) is 5. The van der Waals surface area contributed by atoms with E-state index in [0.717, 1.165) is 0 Å². The Balaban J connectivity index is 0.00000240. The lowest BCUT2D eigenvalue weighted by Gasteiger charge is -2.30. The van der Waals surface area contributed by atoms with Gasteiger partial charge in [-0.3, -0.25) is 14.2 Å². The number of fused-ring (bicyclic) bond motifs is 1. The predicted octanol–water partition coefficient (Wildman–Crippen LogP) is 2.88. The van der Waals surface area contributed by atoms with Gasteiger partial charge in [-0.25, -0.2) is 14.4 Å². The molecule has 0 aliphatic carbocycles. The van der Waals surface area contributed by atoms with E-state index in [-0.39, 0.29) is 54.1 Å². The number of aromatic nitrogens is 3. The van der Waals surface area contributed by atoms with Crippen LogP contribution in [0.3, 0.4) is 0 Å². The number of carbonyl (C=O) groups is 1. The van der Waals surface area contributed by atoms with Crippen LogP contribution >= 0.6 is 24.0 Å². The zero-order valence-corrected chi connectivity index (χ0v) is 16.5. The molecule has 1 aromatic carbocycles. The van der Waals surface area contributed by atoms with Crippen molar-refractivity contribution in [1.29, 1.82) is 0 Å². The van der Waals surface area contributed by atoms with E-state index in [2.05, 4.69) is 9.97 Å². The zero-order chi connectivity index (χ0) is 19.8. The first kappa shape index (κ1) is 20.8. The third-order valence-corrected chi connectivity index (χ3v) is 4.86. The Hall–Kier alpha value is -2.97. The maximum Gasteiger partial charge on any atom is 0.274 e. The van der Waals surface area contributed by atoms with Crippen molar-refractivity contribution in [3.05, 3.63) is 75.3 Å². The minimum absolute atomic E-state index is 0. The highest BCUT2D eigenvalue weighted by Gasteiger charge is 2.30. The first-order valence-electron chi connectivity index (χ1n) is 8.42. The molecule has 0 saturated heterocycles. The molecule has 1 aliphatic heterocycles. The SMILES string of the molecule is Cl.O=C1c2c(O)cc(-c3ccncn3)c(=O)n2CCN1Cc1ccc(F)c(Cl)c1. The molecular weight excluding hydrogens is 422 g/mol. The number of aromatic hydroxyl groups is 1. The van der Waals surface area contributed by atoms with E-state index in [1.807, 2.05) is 0 Å². The first-order valence-corrected chi connectivity index (χ1v) is 8.80. The molecule has 1 N–H and O–H groups in total. The van der Waals surface area contributed by atoms with E-state index in [1.165, 1.54) is 46.3 Å². The Kier molecular flexibility index (Phi) is 5.86. The average Bonchev–Trinajstić information content (AvgIpc) is 2.69. The monoisotopic (exact) mass is 436 g/mol. The first-order chi connectivity index (χ1) is 13.5. The minimum Gasteiger partial charge on any atom is -0.506 e. The lowest BCUT2D eigenvalue weighted by atomic mass is 10.1. The predicted molar refractivity (Wildman–Crippen MR) is 107 cm³/mol. The highest BCUT2D eigenvalue weighted by molar-refractivity contribution is 6.30. The van der Waals surface area contributed by atoms with E-state index >= 15 is 0 Å². The van der Waals surface area contributed by atoms with Gasteiger partial charge in [-0.2, -0.15) is 0 Å². The highest BCUT2D eigenvalue weighted by atomic mass is 35.5. The van der Waals surface area contributed by atoms with Crippen molar-refractivity contribution < 1.29 is 14.3 Å². The molecule has 0 atom stereocenters. The molecular formula is C19H15Cl2FN4O3. The largest absolute Gasteiger partial charge is 0.506 e. The summed E-state index contributed by atoms with van der Waals surface area (Å²) in [4.78, 5) is 35.0. The number of halogens is 3. The molecule has 2 aromatic heterocycles. The topological polar surface area (TPSA) is 88.3 Å². The fourth-order valence-electron chi connectivity index (χ4n) is 3.21. The van der Waals surface area contributed by atoms with E-state index in [0.29, 0.717) is 11.3 Å². The number of pyridine rings is 1. The van der Waals surface area contributed by atoms with Crippen molar-refractivity contribution in [2.24, 2.45) is 0 Å². The highest BCUT2D eigenvalue weighted by Crippen LogP contribution is 2.26. The lowest BCUT2D eigenvalue weighted by Crippen LogP contribution is -2.44. The van der Waals surface area contributed by atoms with Crippen LogP contribution in [0.15, 0.2) is 47.7 Å². The smallest absolute Gasteiger partial charge is 0.274 e. The fourth-order valence-corrected chi connectivity index (χ4v) is 3.41. The van der Waals surface area contributed by atoms with Crippen LogP contribution in [0.2, 0.25) is 5.02 Å². The zero-order valence-electron chi connectivity index (χ0n) is 14.9. The van der Waals surface area contributed by atoms with Crippen LogP contribution in [0.1, 0.15) is 16.1 Å². The van der Waals surface area contributed by atoms with E-state index in [9.17, 15) is 19.1 Å². The van der Waals surface area contributed by atoms with Crippen LogP contribution in [-0.4, -0.2) is 37.0 Å². The molecule has 0 radical (unpaired) electrons. The molecule has 150 valence electrons. The molecule has 0 fully saturated rings. The second-order valence-corrected chi connectivity index (χ2v) is 6.73. The molecule has 4 rings (SSSR count). The van der Waals surface area contributed by atoms with E-state index < -0.39 is 17.3 Å². The molecule has 0 saturated carbocycles. The van der Waals surface area contributed by atoms with Crippen LogP contribution in [0, 0.1) is 5.82 Å². The van der Waals surface area contributed by atoms with E-state index in [1.54, 1.807) is 6.07 Å². The van der Waals surface area contributed by atoms with Crippen molar-refractivity contribution in [3.63, 3.8) is 0 Å². The van der Waals surface area contributed by atoms with Gasteiger partial charge in [-0.1, -0.05) is 17.7 Å². The van der Waals surface area contributed by atoms with Gasteiger partial charge in [0, 0.05) is 25.8 Å². The fraction of sp³-hybridized carbons (Fsp3) is 0.158. The van der Waals surface area contributed by atoms with Crippen LogP contribution in [-0.2, 0) is 13.1 Å². The summed E-state index contributed by atoms with van der Waals surface area (Å²) < 4.78 is 14.6. The number of carbonyl (C=O) groups excluding carboxylic acids is 1. The van der Waals surface area contributed by atoms with Crippen molar-refractivity contribution in [2.75, 3.05) is 6.54 Å². The van der Waals surface area contributed by atoms with E-state index in [4.69, 9.17) is 11.6 Å². The summed E-state index contributed by atoms with van der Waals surface area (Å²) in [5, 5.41) is 10.4. The summed E-state index contributed by atoms with van der Waals surface area (Å²) in [6.07, 6.45) is 2.79. The molecule has 1 amide bonds. The van der Waals surface area contributed by atoms with Crippen molar-refractivity contribution in [1.82, 2.24) is 19.4 Å². The third kappa shape index (κ3) is 3.81. The summed E-state index contributed by atoms with van der Waals surface area (Å²) in [5.74, 6) is -1.34. The molecule has 29 heavy (non-hydrogen) atoms. The maximum absolute atomic E-state index is 13.3. The molecule has 7 nitrogen and oxygen atoms in total. The summed E-state index contributed by atoms with van der Waals surface area (Å²) in [5.41, 5.74) is 0.705. The van der Waals surface area contributed by atoms with Crippen molar-refractivity contribution in [2.45, 2.75) is 13.1 Å². The van der Waals surface area contributed by atoms with Gasteiger partial charge in [0.2, 0.25) is 0 Å². The van der Waals surface area contributed by atoms with Gasteiger partial charge in [-0.05, 0) is 29.8 Å². The summed E-state index contributed by atoms with van der Waals surface area (Å²) in [7, 11) is 0. The Morgan fingerprint density at radius 3 is 2.66 bits per heavy atom. The maximum atomic E-state index is 13.3. The van der Waals surface area contributed by atoms with Crippen molar-refractivity contribution >= 4 is 29.9 Å². The molecule has 0 bridgehead atoms. The molecule has 10 heteroatoms. The molecule has 0 unspecified atom stereocenters. The number of hydrogen-bond donors (Lipinski definition) is 1. The second-order valence-electron chi connectivity index (χ2n) is 6.32. The van der Waals surface area contributed by atoms with Gasteiger partial charge in [0.15, 0.2) is 5.69 Å². The van der Waals surface area contributed by atoms with Gasteiger partial charge in [-0.15, -0.1) is 12.4 Å². The minimum atomic E-state index is -0.540. The van der Waals surface area contributed by atoms with Crippen LogP contribution in [0.4, 0.5) is 4.39 Å². The number of amides is 1. The Bertz CT molecular complexity index is 1140. The van der Waals surface area contributed by atoms with Gasteiger partial charge in [0.05, 0.1) is 16.3 Å². The van der Waals surface area contributed by atoms with Crippen molar-refractivity contribution in [3.8, 4) is 17.0 Å². The lowest BCUT2D eigenvalue weighted by molar-refractivity contribution is 0.0681. The van der Waals surface area contributed by atoms with Gasteiger partial charge < -0.3 is 10.0 Å². The van der Waals surface area contributed by atoms with Crippen LogP contribution in [0.5, 0.6) is 5.75 Å². The van der Waals surface area contributed by atoms with Crippen LogP contribution in [0.25, 0.3) is 11.3 Å². The summed E-state index contributed by atoms with van der Waals surface area (Å²) >= 11 is 5.80. The number of rotatable bonds is 3. The average molecular weight is 437 g/mol. The van der Waals surface area contributed by atoms with Crippen LogP contribution < -0.4 is 5.56 Å². The number of benzene rings is 1. The standard InChI is InChI=1S/C19H14ClFN4O3.ClH/c20-13-7-11(1-2-14(13)21)9-24-5-6-25-17(19(24)28)16(26)8-12(18(25)27)15-3-4-22-10-23-15;/h1-4,7-8,10,26H,5-6,9H2;1H. The van der Waals surface area contributed by atoms with Gasteiger partial charge >= 0.3 is 0 Å². The molecule has 0 spiro atoms. The molecule has 3 aromatic rings. The normalized spacial score (nSPS) is 13.0. The Labute approximate surface area is 175 Å². The number of nitrogens with zero attached hydrogens (tertiary/aromatic N) is 4. The molecule has 3 heterocycles. The Morgan fingerprint density at radius 1 is 1.17 bits per heavy atom. The second kappa shape index (κ2) is 8.18. The van der Waals surface area contributed by atoms with Gasteiger partial charge in [0.1, 0.15) is 17.9 Å².